The maximum atomic E-state index is 13.1. The van der Waals surface area contributed by atoms with Gasteiger partial charge in [-0.2, -0.15) is 0 Å². The van der Waals surface area contributed by atoms with E-state index in [4.69, 9.17) is 9.47 Å². The van der Waals surface area contributed by atoms with Gasteiger partial charge in [-0.15, -0.1) is 0 Å². The van der Waals surface area contributed by atoms with E-state index in [1.54, 1.807) is 55.8 Å². The standard InChI is InChI=1S/C22H23N3O6/c1-11-12(2)25(29)19(24(11)5)16(17-20(27)30-22(3,4)31-21(17)28)14-10-13-8-6-7-9-15(13)23-18(14)26/h6-10,16-17H,1-5H3,(H,23,26). The summed E-state index contributed by atoms with van der Waals surface area (Å²) in [6.07, 6.45) is 0. The Hall–Kier alpha value is -3.62. The molecule has 9 nitrogen and oxygen atoms in total. The van der Waals surface area contributed by atoms with Gasteiger partial charge in [-0.05, 0) is 17.5 Å². The number of aromatic nitrogens is 3. The van der Waals surface area contributed by atoms with E-state index in [2.05, 4.69) is 4.98 Å². The lowest BCUT2D eigenvalue weighted by Crippen LogP contribution is -2.51. The summed E-state index contributed by atoms with van der Waals surface area (Å²) >= 11 is 0. The van der Waals surface area contributed by atoms with E-state index in [0.29, 0.717) is 27.0 Å². The first-order chi connectivity index (χ1) is 14.5. The Morgan fingerprint density at radius 2 is 1.74 bits per heavy atom. The number of H-pyrrole nitrogens is 1. The summed E-state index contributed by atoms with van der Waals surface area (Å²) in [6, 6.07) is 8.71. The van der Waals surface area contributed by atoms with Gasteiger partial charge in [0.1, 0.15) is 17.3 Å². The summed E-state index contributed by atoms with van der Waals surface area (Å²) in [5, 5.41) is 13.8. The lowest BCUT2D eigenvalue weighted by atomic mass is 9.84. The largest absolute Gasteiger partial charge is 0.711 e. The van der Waals surface area contributed by atoms with Gasteiger partial charge in [-0.1, -0.05) is 18.2 Å². The molecule has 2 aromatic heterocycles. The molecule has 1 fully saturated rings. The molecule has 0 amide bonds. The van der Waals surface area contributed by atoms with Crippen LogP contribution in [0.2, 0.25) is 0 Å². The molecule has 0 saturated carbocycles. The summed E-state index contributed by atoms with van der Waals surface area (Å²) in [5.41, 5.74) is 1.23. The highest BCUT2D eigenvalue weighted by Crippen LogP contribution is 2.37. The van der Waals surface area contributed by atoms with E-state index in [-0.39, 0.29) is 11.4 Å². The number of para-hydroxylation sites is 1. The van der Waals surface area contributed by atoms with Gasteiger partial charge in [-0.3, -0.25) is 14.4 Å². The third-order valence-electron chi connectivity index (χ3n) is 5.81. The molecule has 162 valence electrons. The molecule has 1 atom stereocenters. The Balaban J connectivity index is 2.01. The van der Waals surface area contributed by atoms with Crippen LogP contribution in [0.3, 0.4) is 0 Å². The van der Waals surface area contributed by atoms with Crippen LogP contribution in [0.25, 0.3) is 10.9 Å². The zero-order valence-electron chi connectivity index (χ0n) is 17.9. The molecule has 1 aromatic carbocycles. The smallest absolute Gasteiger partial charge is 0.324 e. The number of pyridine rings is 1. The van der Waals surface area contributed by atoms with Gasteiger partial charge in [0.15, 0.2) is 5.92 Å². The minimum Gasteiger partial charge on any atom is -0.711 e. The van der Waals surface area contributed by atoms with E-state index in [0.717, 1.165) is 0 Å². The topological polar surface area (TPSA) is 117 Å². The van der Waals surface area contributed by atoms with Gasteiger partial charge in [0, 0.05) is 38.8 Å². The number of hydrogen-bond acceptors (Lipinski definition) is 6. The van der Waals surface area contributed by atoms with Gasteiger partial charge in [-0.25, -0.2) is 9.30 Å². The predicted octanol–water partition coefficient (Wildman–Crippen LogP) is 1.70. The zero-order valence-corrected chi connectivity index (χ0v) is 17.9. The molecule has 0 radical (unpaired) electrons. The molecule has 31 heavy (non-hydrogen) atoms. The Labute approximate surface area is 177 Å². The number of carbonyl (C=O) groups is 2. The molecule has 4 rings (SSSR count). The number of cyclic esters (lactones) is 2. The van der Waals surface area contributed by atoms with Crippen molar-refractivity contribution in [2.75, 3.05) is 0 Å². The molecule has 1 N–H and O–H groups in total. The van der Waals surface area contributed by atoms with Crippen molar-refractivity contribution in [3.63, 3.8) is 0 Å². The molecule has 1 aliphatic rings. The van der Waals surface area contributed by atoms with Gasteiger partial charge in [0.05, 0.1) is 7.05 Å². The van der Waals surface area contributed by atoms with Gasteiger partial charge in [0.2, 0.25) is 0 Å². The molecule has 1 unspecified atom stereocenters. The Bertz CT molecular complexity index is 1240. The number of hydrogen-bond donors (Lipinski definition) is 1. The van der Waals surface area contributed by atoms with Crippen LogP contribution < -0.4 is 10.3 Å². The molecule has 3 aromatic rings. The molecular weight excluding hydrogens is 402 g/mol. The molecule has 9 heteroatoms. The number of fused-ring (bicyclic) bond motifs is 1. The summed E-state index contributed by atoms with van der Waals surface area (Å²) in [5.74, 6) is -5.78. The highest BCUT2D eigenvalue weighted by molar-refractivity contribution is 5.98. The van der Waals surface area contributed by atoms with Crippen molar-refractivity contribution in [3.8, 4) is 0 Å². The molecule has 3 heterocycles. The highest BCUT2D eigenvalue weighted by Gasteiger charge is 2.52. The number of nitrogens with zero attached hydrogens (tertiary/aromatic N) is 2. The van der Waals surface area contributed by atoms with Crippen molar-refractivity contribution in [2.45, 2.75) is 39.4 Å². The first kappa shape index (κ1) is 20.6. The second-order valence-corrected chi connectivity index (χ2v) is 8.22. The van der Waals surface area contributed by atoms with Crippen LogP contribution in [-0.4, -0.2) is 27.3 Å². The molecule has 1 aliphatic heterocycles. The molecule has 1 saturated heterocycles. The second-order valence-electron chi connectivity index (χ2n) is 8.22. The number of ether oxygens (including phenoxy) is 2. The SMILES string of the molecule is Cc1c(C)[n+]([O-])c(C(c2cc3ccccc3[nH]c2=O)C2C(=O)OC(C)(C)OC2=O)n1C. The molecule has 0 bridgehead atoms. The van der Waals surface area contributed by atoms with Crippen molar-refractivity contribution < 1.29 is 23.8 Å². The first-order valence-electron chi connectivity index (χ1n) is 9.85. The zero-order chi connectivity index (χ0) is 22.7. The number of rotatable bonds is 3. The van der Waals surface area contributed by atoms with E-state index in [9.17, 15) is 19.6 Å². The van der Waals surface area contributed by atoms with Crippen LogP contribution in [0.5, 0.6) is 0 Å². The number of aromatic amines is 1. The lowest BCUT2D eigenvalue weighted by Gasteiger charge is -2.35. The molecule has 0 aliphatic carbocycles. The average Bonchev–Trinajstić information content (AvgIpc) is 2.87. The van der Waals surface area contributed by atoms with E-state index in [1.807, 2.05) is 0 Å². The number of imidazole rings is 1. The van der Waals surface area contributed by atoms with Crippen molar-refractivity contribution >= 4 is 22.8 Å². The highest BCUT2D eigenvalue weighted by atomic mass is 16.7. The van der Waals surface area contributed by atoms with Crippen LogP contribution >= 0.6 is 0 Å². The van der Waals surface area contributed by atoms with Crippen molar-refractivity contribution in [2.24, 2.45) is 13.0 Å². The van der Waals surface area contributed by atoms with Gasteiger partial charge >= 0.3 is 11.9 Å². The fraction of sp³-hybridized carbons (Fsp3) is 0.364. The predicted molar refractivity (Wildman–Crippen MR) is 110 cm³/mol. The van der Waals surface area contributed by atoms with Crippen LogP contribution in [-0.2, 0) is 26.1 Å². The quantitative estimate of drug-likeness (QED) is 0.295. The summed E-state index contributed by atoms with van der Waals surface area (Å²) < 4.78 is 12.9. The summed E-state index contributed by atoms with van der Waals surface area (Å²) in [7, 11) is 1.65. The van der Waals surface area contributed by atoms with Gasteiger partial charge < -0.3 is 19.7 Å². The third-order valence-corrected chi connectivity index (χ3v) is 5.81. The van der Waals surface area contributed by atoms with Crippen molar-refractivity contribution in [1.29, 1.82) is 0 Å². The number of nitrogens with one attached hydrogen (secondary N) is 1. The van der Waals surface area contributed by atoms with Crippen LogP contribution in [0.4, 0.5) is 0 Å². The maximum Gasteiger partial charge on any atom is 0.324 e. The third kappa shape index (κ3) is 3.26. The van der Waals surface area contributed by atoms with E-state index in [1.165, 1.54) is 13.8 Å². The Morgan fingerprint density at radius 3 is 2.32 bits per heavy atom. The number of carbonyl (C=O) groups excluding carboxylic acids is 2. The Kier molecular flexibility index (Phi) is 4.64. The molecule has 0 spiro atoms. The second kappa shape index (κ2) is 6.97. The first-order valence-corrected chi connectivity index (χ1v) is 9.85. The normalized spacial score (nSPS) is 17.5. The average molecular weight is 425 g/mol. The lowest BCUT2D eigenvalue weighted by molar-refractivity contribution is -0.621. The minimum atomic E-state index is -1.51. The van der Waals surface area contributed by atoms with E-state index >= 15 is 0 Å². The van der Waals surface area contributed by atoms with E-state index < -0.39 is 35.1 Å². The fourth-order valence-electron chi connectivity index (χ4n) is 4.07. The molecular formula is C22H23N3O6. The van der Waals surface area contributed by atoms with Crippen LogP contribution in [0.1, 0.15) is 42.5 Å². The van der Waals surface area contributed by atoms with Crippen LogP contribution in [0.15, 0.2) is 35.1 Å². The maximum absolute atomic E-state index is 13.1. The summed E-state index contributed by atoms with van der Waals surface area (Å²) in [4.78, 5) is 41.7. The number of esters is 2. The summed E-state index contributed by atoms with van der Waals surface area (Å²) in [6.45, 7) is 6.27. The fourth-order valence-corrected chi connectivity index (χ4v) is 4.07. The Morgan fingerprint density at radius 1 is 1.13 bits per heavy atom. The van der Waals surface area contributed by atoms with Gasteiger partial charge in [0.25, 0.3) is 17.2 Å². The number of benzene rings is 1. The monoisotopic (exact) mass is 425 g/mol. The van der Waals surface area contributed by atoms with Crippen molar-refractivity contribution in [3.05, 3.63) is 68.7 Å². The minimum absolute atomic E-state index is 0.0781. The van der Waals surface area contributed by atoms with Crippen LogP contribution in [0, 0.1) is 25.0 Å². The van der Waals surface area contributed by atoms with Crippen molar-refractivity contribution in [1.82, 2.24) is 9.55 Å².